The molecule has 148 valence electrons. The third-order valence-electron chi connectivity index (χ3n) is 4.43. The van der Waals surface area contributed by atoms with Crippen molar-refractivity contribution in [2.24, 2.45) is 5.92 Å². The second-order valence-corrected chi connectivity index (χ2v) is 6.58. The van der Waals surface area contributed by atoms with Crippen LogP contribution in [0.3, 0.4) is 0 Å². The van der Waals surface area contributed by atoms with E-state index in [1.165, 1.54) is 25.2 Å². The van der Waals surface area contributed by atoms with Gasteiger partial charge in [-0.05, 0) is 18.2 Å². The number of amides is 2. The number of benzene rings is 2. The minimum atomic E-state index is -0.764. The summed E-state index contributed by atoms with van der Waals surface area (Å²) < 4.78 is 37.5. The number of ether oxygens (including phenoxy) is 2. The smallest absolute Gasteiger partial charge is 0.229 e. The van der Waals surface area contributed by atoms with E-state index in [4.69, 9.17) is 21.1 Å². The van der Waals surface area contributed by atoms with Crippen molar-refractivity contribution >= 4 is 34.8 Å². The summed E-state index contributed by atoms with van der Waals surface area (Å²) in [6.07, 6.45) is -0.0877. The number of carbonyl (C=O) groups excluding carboxylic acids is 2. The molecular formula is C19H17ClF2N2O4. The Bertz CT molecular complexity index is 938. The molecule has 2 aromatic rings. The number of halogens is 3. The Kier molecular flexibility index (Phi) is 5.69. The lowest BCUT2D eigenvalue weighted by Gasteiger charge is -2.21. The summed E-state index contributed by atoms with van der Waals surface area (Å²) in [4.78, 5) is 26.3. The molecule has 0 bridgehead atoms. The number of rotatable bonds is 5. The molecule has 0 aliphatic carbocycles. The molecule has 0 radical (unpaired) electrons. The highest BCUT2D eigenvalue weighted by atomic mass is 35.5. The summed E-state index contributed by atoms with van der Waals surface area (Å²) in [5.74, 6) is -2.37. The van der Waals surface area contributed by atoms with Crippen LogP contribution in [0.1, 0.15) is 6.42 Å². The first kappa shape index (κ1) is 19.9. The number of carbonyl (C=O) groups is 2. The Morgan fingerprint density at radius 2 is 1.89 bits per heavy atom. The lowest BCUT2D eigenvalue weighted by atomic mass is 10.1. The van der Waals surface area contributed by atoms with Gasteiger partial charge >= 0.3 is 0 Å². The Hall–Kier alpha value is -2.87. The SMILES string of the molecule is COc1cc(OC)c(N2C[C@H](C(=O)Nc3cc(F)ccc3F)CC2=O)cc1Cl. The molecule has 1 atom stereocenters. The molecule has 0 spiro atoms. The maximum absolute atomic E-state index is 13.7. The van der Waals surface area contributed by atoms with Crippen molar-refractivity contribution in [1.82, 2.24) is 0 Å². The van der Waals surface area contributed by atoms with Gasteiger partial charge in [0.1, 0.15) is 23.1 Å². The van der Waals surface area contributed by atoms with Gasteiger partial charge < -0.3 is 19.7 Å². The van der Waals surface area contributed by atoms with Gasteiger partial charge in [0.15, 0.2) is 0 Å². The summed E-state index contributed by atoms with van der Waals surface area (Å²) in [6, 6.07) is 5.81. The topological polar surface area (TPSA) is 67.9 Å². The van der Waals surface area contributed by atoms with Crippen LogP contribution in [0.2, 0.25) is 5.02 Å². The van der Waals surface area contributed by atoms with Crippen LogP contribution in [0.5, 0.6) is 11.5 Å². The van der Waals surface area contributed by atoms with E-state index in [1.54, 1.807) is 6.07 Å². The van der Waals surface area contributed by atoms with Gasteiger partial charge in [0, 0.05) is 25.1 Å². The lowest BCUT2D eigenvalue weighted by Crippen LogP contribution is -2.28. The molecule has 9 heteroatoms. The van der Waals surface area contributed by atoms with Crippen molar-refractivity contribution in [3.63, 3.8) is 0 Å². The van der Waals surface area contributed by atoms with Crippen molar-refractivity contribution in [2.75, 3.05) is 31.0 Å². The molecule has 28 heavy (non-hydrogen) atoms. The summed E-state index contributed by atoms with van der Waals surface area (Å²) in [5, 5.41) is 2.61. The molecule has 1 saturated heterocycles. The molecule has 1 fully saturated rings. The number of hydrogen-bond donors (Lipinski definition) is 1. The maximum Gasteiger partial charge on any atom is 0.229 e. The summed E-state index contributed by atoms with van der Waals surface area (Å²) >= 11 is 6.15. The first-order valence-electron chi connectivity index (χ1n) is 8.31. The Morgan fingerprint density at radius 1 is 1.18 bits per heavy atom. The molecule has 1 N–H and O–H groups in total. The normalized spacial score (nSPS) is 16.2. The van der Waals surface area contributed by atoms with E-state index in [2.05, 4.69) is 5.32 Å². The molecule has 3 rings (SSSR count). The molecule has 1 aliphatic rings. The van der Waals surface area contributed by atoms with Crippen LogP contribution < -0.4 is 19.7 Å². The Balaban J connectivity index is 1.81. The van der Waals surface area contributed by atoms with Gasteiger partial charge in [-0.2, -0.15) is 0 Å². The number of anilines is 2. The second kappa shape index (κ2) is 8.02. The van der Waals surface area contributed by atoms with Gasteiger partial charge in [-0.1, -0.05) is 11.6 Å². The van der Waals surface area contributed by atoms with E-state index in [0.29, 0.717) is 17.2 Å². The first-order chi connectivity index (χ1) is 13.3. The Morgan fingerprint density at radius 3 is 2.57 bits per heavy atom. The molecule has 1 heterocycles. The van der Waals surface area contributed by atoms with Crippen molar-refractivity contribution in [3.8, 4) is 11.5 Å². The standard InChI is InChI=1S/C19H17ClF2N2O4/c1-27-16-8-17(28-2)15(7-12(16)20)24-9-10(5-18(24)25)19(26)23-14-6-11(21)3-4-13(14)22/h3-4,6-8,10H,5,9H2,1-2H3,(H,23,26)/t10-/m1/s1. The molecule has 0 unspecified atom stereocenters. The quantitative estimate of drug-likeness (QED) is 0.817. The molecule has 2 aromatic carbocycles. The predicted octanol–water partition coefficient (Wildman–Crippen LogP) is 3.63. The highest BCUT2D eigenvalue weighted by Crippen LogP contribution is 2.40. The number of nitrogens with zero attached hydrogens (tertiary/aromatic N) is 1. The molecule has 2 amide bonds. The monoisotopic (exact) mass is 410 g/mol. The highest BCUT2D eigenvalue weighted by molar-refractivity contribution is 6.32. The van der Waals surface area contributed by atoms with Crippen molar-refractivity contribution in [3.05, 3.63) is 47.0 Å². The molecule has 0 aromatic heterocycles. The van der Waals surface area contributed by atoms with Gasteiger partial charge in [0.25, 0.3) is 0 Å². The van der Waals surface area contributed by atoms with Crippen LogP contribution in [0.25, 0.3) is 0 Å². The summed E-state index contributed by atoms with van der Waals surface area (Å²) in [5.41, 5.74) is 0.117. The average molecular weight is 411 g/mol. The van der Waals surface area contributed by atoms with Crippen molar-refractivity contribution in [2.45, 2.75) is 6.42 Å². The van der Waals surface area contributed by atoms with Crippen LogP contribution >= 0.6 is 11.6 Å². The van der Waals surface area contributed by atoms with Crippen molar-refractivity contribution < 1.29 is 27.8 Å². The number of nitrogens with one attached hydrogen (secondary N) is 1. The fraction of sp³-hybridized carbons (Fsp3) is 0.263. The lowest BCUT2D eigenvalue weighted by molar-refractivity contribution is -0.122. The zero-order valence-electron chi connectivity index (χ0n) is 15.1. The van der Waals surface area contributed by atoms with E-state index < -0.39 is 23.5 Å². The van der Waals surface area contributed by atoms with Crippen LogP contribution in [0.15, 0.2) is 30.3 Å². The number of methoxy groups -OCH3 is 2. The largest absolute Gasteiger partial charge is 0.495 e. The maximum atomic E-state index is 13.7. The van der Waals surface area contributed by atoms with Crippen LogP contribution in [0, 0.1) is 17.6 Å². The second-order valence-electron chi connectivity index (χ2n) is 6.18. The average Bonchev–Trinajstić information content (AvgIpc) is 3.06. The third-order valence-corrected chi connectivity index (χ3v) is 4.72. The van der Waals surface area contributed by atoms with Crippen LogP contribution in [-0.4, -0.2) is 32.6 Å². The zero-order chi connectivity index (χ0) is 20.4. The van der Waals surface area contributed by atoms with Crippen molar-refractivity contribution in [1.29, 1.82) is 0 Å². The minimum absolute atomic E-state index is 0.0423. The summed E-state index contributed by atoms with van der Waals surface area (Å²) in [7, 11) is 2.89. The summed E-state index contributed by atoms with van der Waals surface area (Å²) in [6.45, 7) is 0.0423. The molecule has 0 saturated carbocycles. The minimum Gasteiger partial charge on any atom is -0.495 e. The first-order valence-corrected chi connectivity index (χ1v) is 8.69. The fourth-order valence-electron chi connectivity index (χ4n) is 3.00. The molecular weight excluding hydrogens is 394 g/mol. The van der Waals surface area contributed by atoms with Crippen LogP contribution in [-0.2, 0) is 9.59 Å². The third kappa shape index (κ3) is 3.87. The zero-order valence-corrected chi connectivity index (χ0v) is 15.8. The highest BCUT2D eigenvalue weighted by Gasteiger charge is 2.37. The molecule has 6 nitrogen and oxygen atoms in total. The van der Waals surface area contributed by atoms with E-state index in [9.17, 15) is 18.4 Å². The van der Waals surface area contributed by atoms with E-state index in [0.717, 1.165) is 18.2 Å². The van der Waals surface area contributed by atoms with Gasteiger partial charge in [-0.25, -0.2) is 8.78 Å². The van der Waals surface area contributed by atoms with Gasteiger partial charge in [0.2, 0.25) is 11.8 Å². The predicted molar refractivity (Wildman–Crippen MR) is 100 cm³/mol. The van der Waals surface area contributed by atoms with E-state index in [-0.39, 0.29) is 29.6 Å². The van der Waals surface area contributed by atoms with Gasteiger partial charge in [-0.15, -0.1) is 0 Å². The van der Waals surface area contributed by atoms with Crippen LogP contribution in [0.4, 0.5) is 20.2 Å². The van der Waals surface area contributed by atoms with Gasteiger partial charge in [-0.3, -0.25) is 9.59 Å². The molecule has 1 aliphatic heterocycles. The fourth-order valence-corrected chi connectivity index (χ4v) is 3.23. The van der Waals surface area contributed by atoms with E-state index >= 15 is 0 Å². The number of hydrogen-bond acceptors (Lipinski definition) is 4. The van der Waals surface area contributed by atoms with Gasteiger partial charge in [0.05, 0.1) is 36.5 Å². The Labute approximate surface area is 165 Å². The van der Waals surface area contributed by atoms with E-state index in [1.807, 2.05) is 0 Å².